The van der Waals surface area contributed by atoms with Crippen molar-refractivity contribution in [3.8, 4) is 11.1 Å². The van der Waals surface area contributed by atoms with Gasteiger partial charge in [0.05, 0.1) is 0 Å². The maximum atomic E-state index is 4.51. The average Bonchev–Trinajstić information content (AvgIpc) is 2.75. The number of hydrogen-bond acceptors (Lipinski definition) is 2. The van der Waals surface area contributed by atoms with Gasteiger partial charge < -0.3 is 5.32 Å². The van der Waals surface area contributed by atoms with E-state index >= 15 is 0 Å². The summed E-state index contributed by atoms with van der Waals surface area (Å²) in [7, 11) is 0. The zero-order valence-corrected chi connectivity index (χ0v) is 15.1. The standard InChI is InChI=1S/C24H24N2/c1-18(22-14-23(17-25-16-22)20-10-6-3-7-11-20)24-15-21(12-13-26-24)19-8-4-2-5-9-19/h2-12,14,16-18,24,26H,13,15H2,1H3. The van der Waals surface area contributed by atoms with Gasteiger partial charge in [0, 0.05) is 30.5 Å². The van der Waals surface area contributed by atoms with Crippen molar-refractivity contribution in [1.82, 2.24) is 10.3 Å². The monoisotopic (exact) mass is 340 g/mol. The molecular formula is C24H24N2. The molecule has 2 aromatic carbocycles. The van der Waals surface area contributed by atoms with Crippen molar-refractivity contribution in [3.63, 3.8) is 0 Å². The smallest absolute Gasteiger partial charge is 0.0346 e. The van der Waals surface area contributed by atoms with E-state index in [4.69, 9.17) is 0 Å². The van der Waals surface area contributed by atoms with Crippen LogP contribution in [0.25, 0.3) is 16.7 Å². The molecule has 1 aliphatic heterocycles. The first-order valence-electron chi connectivity index (χ1n) is 9.29. The molecule has 0 spiro atoms. The summed E-state index contributed by atoms with van der Waals surface area (Å²) in [6, 6.07) is 23.9. The van der Waals surface area contributed by atoms with E-state index in [9.17, 15) is 0 Å². The van der Waals surface area contributed by atoms with Gasteiger partial charge in [0.25, 0.3) is 0 Å². The zero-order valence-electron chi connectivity index (χ0n) is 15.1. The lowest BCUT2D eigenvalue weighted by molar-refractivity contribution is 0.466. The highest BCUT2D eigenvalue weighted by Gasteiger charge is 2.23. The minimum atomic E-state index is 0.401. The zero-order chi connectivity index (χ0) is 17.8. The van der Waals surface area contributed by atoms with Gasteiger partial charge in [-0.2, -0.15) is 0 Å². The Morgan fingerprint density at radius 3 is 2.31 bits per heavy atom. The molecule has 0 fully saturated rings. The van der Waals surface area contributed by atoms with E-state index in [-0.39, 0.29) is 0 Å². The van der Waals surface area contributed by atoms with Crippen LogP contribution in [0.5, 0.6) is 0 Å². The third kappa shape index (κ3) is 3.61. The number of nitrogens with one attached hydrogen (secondary N) is 1. The molecule has 1 aromatic heterocycles. The van der Waals surface area contributed by atoms with Crippen LogP contribution in [0.2, 0.25) is 0 Å². The molecule has 1 N–H and O–H groups in total. The molecule has 0 amide bonds. The van der Waals surface area contributed by atoms with Crippen LogP contribution < -0.4 is 5.32 Å². The molecule has 0 saturated heterocycles. The Labute approximate surface area is 155 Å². The molecule has 0 bridgehead atoms. The third-order valence-electron chi connectivity index (χ3n) is 5.31. The predicted molar refractivity (Wildman–Crippen MR) is 109 cm³/mol. The van der Waals surface area contributed by atoms with E-state index in [0.29, 0.717) is 12.0 Å². The van der Waals surface area contributed by atoms with Crippen LogP contribution in [-0.4, -0.2) is 17.6 Å². The van der Waals surface area contributed by atoms with Crippen molar-refractivity contribution in [1.29, 1.82) is 0 Å². The lowest BCUT2D eigenvalue weighted by atomic mass is 9.85. The van der Waals surface area contributed by atoms with Gasteiger partial charge in [0.15, 0.2) is 0 Å². The molecule has 0 radical (unpaired) electrons. The van der Waals surface area contributed by atoms with Crippen molar-refractivity contribution >= 4 is 5.57 Å². The quantitative estimate of drug-likeness (QED) is 0.697. The molecule has 2 nitrogen and oxygen atoms in total. The van der Waals surface area contributed by atoms with Gasteiger partial charge in [0.1, 0.15) is 0 Å². The van der Waals surface area contributed by atoms with E-state index in [1.165, 1.54) is 27.8 Å². The highest BCUT2D eigenvalue weighted by molar-refractivity contribution is 5.67. The lowest BCUT2D eigenvalue weighted by Gasteiger charge is -2.30. The number of pyridine rings is 1. The highest BCUT2D eigenvalue weighted by atomic mass is 14.9. The van der Waals surface area contributed by atoms with E-state index < -0.39 is 0 Å². The maximum absolute atomic E-state index is 4.51. The fourth-order valence-electron chi connectivity index (χ4n) is 3.69. The molecule has 0 aliphatic carbocycles. The van der Waals surface area contributed by atoms with Crippen LogP contribution in [-0.2, 0) is 0 Å². The molecule has 4 rings (SSSR count). The van der Waals surface area contributed by atoms with Gasteiger partial charge in [-0.3, -0.25) is 4.98 Å². The summed E-state index contributed by atoms with van der Waals surface area (Å²) >= 11 is 0. The SMILES string of the molecule is CC(c1cncc(-c2ccccc2)c1)C1CC(c2ccccc2)=CCN1. The predicted octanol–water partition coefficient (Wildman–Crippen LogP) is 5.30. The Morgan fingerprint density at radius 1 is 0.885 bits per heavy atom. The molecule has 0 saturated carbocycles. The second-order valence-corrected chi connectivity index (χ2v) is 6.98. The molecule has 130 valence electrons. The van der Waals surface area contributed by atoms with Crippen LogP contribution >= 0.6 is 0 Å². The minimum Gasteiger partial charge on any atom is -0.310 e. The minimum absolute atomic E-state index is 0.401. The third-order valence-corrected chi connectivity index (χ3v) is 5.31. The van der Waals surface area contributed by atoms with E-state index in [1.54, 1.807) is 0 Å². The Morgan fingerprint density at radius 2 is 1.58 bits per heavy atom. The van der Waals surface area contributed by atoms with Crippen LogP contribution in [0.4, 0.5) is 0 Å². The summed E-state index contributed by atoms with van der Waals surface area (Å²) in [5.41, 5.74) is 6.47. The largest absolute Gasteiger partial charge is 0.310 e. The normalized spacial score (nSPS) is 18.2. The van der Waals surface area contributed by atoms with Gasteiger partial charge in [0.2, 0.25) is 0 Å². The number of aromatic nitrogens is 1. The molecule has 3 aromatic rings. The number of rotatable bonds is 4. The number of hydrogen-bond donors (Lipinski definition) is 1. The van der Waals surface area contributed by atoms with Gasteiger partial charge in [-0.1, -0.05) is 73.7 Å². The summed E-state index contributed by atoms with van der Waals surface area (Å²) in [6.07, 6.45) is 7.33. The van der Waals surface area contributed by atoms with E-state index in [1.807, 2.05) is 18.5 Å². The van der Waals surface area contributed by atoms with Crippen LogP contribution in [0.15, 0.2) is 85.2 Å². The van der Waals surface area contributed by atoms with Crippen molar-refractivity contribution in [3.05, 3.63) is 96.3 Å². The average molecular weight is 340 g/mol. The Balaban J connectivity index is 1.55. The Kier molecular flexibility index (Phi) is 4.94. The first-order valence-corrected chi connectivity index (χ1v) is 9.29. The molecule has 2 atom stereocenters. The topological polar surface area (TPSA) is 24.9 Å². The van der Waals surface area contributed by atoms with Gasteiger partial charge in [-0.25, -0.2) is 0 Å². The molecule has 2 unspecified atom stereocenters. The Bertz CT molecular complexity index is 884. The van der Waals surface area contributed by atoms with Crippen molar-refractivity contribution < 1.29 is 0 Å². The second-order valence-electron chi connectivity index (χ2n) is 6.98. The Hall–Kier alpha value is -2.71. The fraction of sp³-hybridized carbons (Fsp3) is 0.208. The first kappa shape index (κ1) is 16.7. The van der Waals surface area contributed by atoms with Crippen molar-refractivity contribution in [2.75, 3.05) is 6.54 Å². The van der Waals surface area contributed by atoms with Gasteiger partial charge >= 0.3 is 0 Å². The lowest BCUT2D eigenvalue weighted by Crippen LogP contribution is -2.37. The maximum Gasteiger partial charge on any atom is 0.0346 e. The second kappa shape index (κ2) is 7.67. The summed E-state index contributed by atoms with van der Waals surface area (Å²) < 4.78 is 0. The van der Waals surface area contributed by atoms with Crippen LogP contribution in [0, 0.1) is 0 Å². The van der Waals surface area contributed by atoms with E-state index in [0.717, 1.165) is 13.0 Å². The summed E-state index contributed by atoms with van der Waals surface area (Å²) in [6.45, 7) is 3.22. The molecule has 26 heavy (non-hydrogen) atoms. The summed E-state index contributed by atoms with van der Waals surface area (Å²) in [5.74, 6) is 0.401. The molecule has 2 heterocycles. The summed E-state index contributed by atoms with van der Waals surface area (Å²) in [5, 5.41) is 3.67. The van der Waals surface area contributed by atoms with E-state index in [2.05, 4.69) is 84.0 Å². The van der Waals surface area contributed by atoms with Crippen LogP contribution in [0.1, 0.15) is 30.4 Å². The van der Waals surface area contributed by atoms with Crippen molar-refractivity contribution in [2.24, 2.45) is 0 Å². The van der Waals surface area contributed by atoms with Gasteiger partial charge in [-0.15, -0.1) is 0 Å². The summed E-state index contributed by atoms with van der Waals surface area (Å²) in [4.78, 5) is 4.51. The molecule has 1 aliphatic rings. The number of nitrogens with zero attached hydrogens (tertiary/aromatic N) is 1. The molecular weight excluding hydrogens is 316 g/mol. The fourth-order valence-corrected chi connectivity index (χ4v) is 3.69. The van der Waals surface area contributed by atoms with Gasteiger partial charge in [-0.05, 0) is 40.7 Å². The molecule has 2 heteroatoms. The van der Waals surface area contributed by atoms with Crippen molar-refractivity contribution in [2.45, 2.75) is 25.3 Å². The van der Waals surface area contributed by atoms with Crippen LogP contribution in [0.3, 0.4) is 0 Å². The first-order chi connectivity index (χ1) is 12.8. The highest BCUT2D eigenvalue weighted by Crippen LogP contribution is 2.31. The number of benzene rings is 2.